The largest absolute Gasteiger partial charge is 0.463 e. The summed E-state index contributed by atoms with van der Waals surface area (Å²) in [5, 5.41) is 0.994. The predicted octanol–water partition coefficient (Wildman–Crippen LogP) is 2.44. The molecule has 2 heterocycles. The second kappa shape index (κ2) is 10.1. The normalized spacial score (nSPS) is 25.2. The molecule has 0 radical (unpaired) electrons. The third kappa shape index (κ3) is 5.34. The number of rotatable bonds is 6. The minimum absolute atomic E-state index is 0.280. The fourth-order valence-electron chi connectivity index (χ4n) is 3.38. The molecule has 1 fully saturated rings. The highest BCUT2D eigenvalue weighted by molar-refractivity contribution is 9.10. The molecule has 5 atom stereocenters. The molecule has 3 N–H and O–H groups in total. The van der Waals surface area contributed by atoms with Gasteiger partial charge in [-0.15, -0.1) is 0 Å². The number of nitrogens with two attached hydrogens (primary N) is 1. The van der Waals surface area contributed by atoms with Crippen LogP contribution in [-0.4, -0.2) is 60.1 Å². The lowest BCUT2D eigenvalue weighted by Crippen LogP contribution is -2.65. The van der Waals surface area contributed by atoms with Gasteiger partial charge in [0.05, 0.1) is 15.9 Å². The number of hydrogen-bond acceptors (Lipinski definition) is 9. The van der Waals surface area contributed by atoms with Crippen molar-refractivity contribution in [3.63, 3.8) is 0 Å². The van der Waals surface area contributed by atoms with Crippen molar-refractivity contribution in [2.45, 2.75) is 51.4 Å². The molecule has 0 bridgehead atoms. The van der Waals surface area contributed by atoms with Gasteiger partial charge in [0.2, 0.25) is 6.29 Å². The molecule has 1 aliphatic rings. The van der Waals surface area contributed by atoms with Crippen LogP contribution in [0.1, 0.15) is 20.8 Å². The average molecular weight is 534 g/mol. The van der Waals surface area contributed by atoms with E-state index in [0.717, 1.165) is 0 Å². The van der Waals surface area contributed by atoms with Gasteiger partial charge >= 0.3 is 17.9 Å². The minimum Gasteiger partial charge on any atom is -0.463 e. The number of carbonyl (C=O) groups is 3. The number of aromatic nitrogens is 1. The Labute approximate surface area is 196 Å². The number of aromatic amines is 1. The molecular formula is C20H22BrClN2O8. The number of hydrogen-bond donors (Lipinski definition) is 2. The van der Waals surface area contributed by atoms with Gasteiger partial charge in [0, 0.05) is 31.4 Å². The zero-order valence-corrected chi connectivity index (χ0v) is 19.8. The number of nitrogens with one attached hydrogen (secondary N) is 1. The van der Waals surface area contributed by atoms with Crippen LogP contribution in [0.15, 0.2) is 22.8 Å². The van der Waals surface area contributed by atoms with Crippen LogP contribution in [0.4, 0.5) is 0 Å². The van der Waals surface area contributed by atoms with Crippen molar-refractivity contribution in [1.82, 2.24) is 4.98 Å². The average Bonchev–Trinajstić information content (AvgIpc) is 3.11. The summed E-state index contributed by atoms with van der Waals surface area (Å²) in [6.07, 6.45) is -2.82. The van der Waals surface area contributed by atoms with E-state index in [1.54, 1.807) is 12.3 Å². The number of benzene rings is 1. The topological polar surface area (TPSA) is 139 Å². The summed E-state index contributed by atoms with van der Waals surface area (Å²) in [7, 11) is 0. The maximum atomic E-state index is 11.7. The quantitative estimate of drug-likeness (QED) is 0.423. The highest BCUT2D eigenvalue weighted by Crippen LogP contribution is 2.38. The van der Waals surface area contributed by atoms with Gasteiger partial charge in [-0.2, -0.15) is 0 Å². The molecule has 2 aromatic rings. The minimum atomic E-state index is -1.15. The van der Waals surface area contributed by atoms with Crippen LogP contribution >= 0.6 is 27.5 Å². The first-order valence-electron chi connectivity index (χ1n) is 9.59. The molecule has 1 unspecified atom stereocenters. The lowest BCUT2D eigenvalue weighted by Gasteiger charge is -2.43. The number of halogens is 2. The standard InChI is InChI=1S/C20H22BrClN2O8/c1-8(25)28-7-14-18(29-9(2)26)19(30-10(3)27)17(23)20(32-14)31-13-6-24-12-5-4-11(21)16(22)15(12)13/h4-6,14,17-20,24H,7,23H2,1-3H3/t14-,17-,18+,19-,20?/m1/s1. The molecule has 0 aliphatic carbocycles. The van der Waals surface area contributed by atoms with E-state index in [-0.39, 0.29) is 6.61 Å². The van der Waals surface area contributed by atoms with Crippen molar-refractivity contribution in [3.8, 4) is 5.75 Å². The molecule has 3 rings (SSSR count). The lowest BCUT2D eigenvalue weighted by molar-refractivity contribution is -0.253. The Kier molecular flexibility index (Phi) is 7.65. The van der Waals surface area contributed by atoms with Gasteiger partial charge in [-0.1, -0.05) is 11.6 Å². The molecule has 0 saturated carbocycles. The summed E-state index contributed by atoms with van der Waals surface area (Å²) in [6, 6.07) is 2.54. The predicted molar refractivity (Wildman–Crippen MR) is 116 cm³/mol. The molecular weight excluding hydrogens is 512 g/mol. The third-order valence-corrected chi connectivity index (χ3v) is 5.97. The van der Waals surface area contributed by atoms with E-state index in [4.69, 9.17) is 41.0 Å². The smallest absolute Gasteiger partial charge is 0.303 e. The van der Waals surface area contributed by atoms with Crippen molar-refractivity contribution < 1.29 is 38.1 Å². The van der Waals surface area contributed by atoms with Gasteiger partial charge in [0.15, 0.2) is 12.2 Å². The molecule has 10 nitrogen and oxygen atoms in total. The second-order valence-corrected chi connectivity index (χ2v) is 8.36. The van der Waals surface area contributed by atoms with E-state index in [1.807, 2.05) is 6.07 Å². The van der Waals surface area contributed by atoms with Gasteiger partial charge in [-0.3, -0.25) is 14.4 Å². The van der Waals surface area contributed by atoms with Crippen LogP contribution in [0, 0.1) is 0 Å². The van der Waals surface area contributed by atoms with Crippen molar-refractivity contribution in [2.75, 3.05) is 6.61 Å². The van der Waals surface area contributed by atoms with Crippen molar-refractivity contribution >= 4 is 56.3 Å². The molecule has 1 aliphatic heterocycles. The Bertz CT molecular complexity index is 1030. The van der Waals surface area contributed by atoms with Gasteiger partial charge in [-0.25, -0.2) is 0 Å². The Morgan fingerprint density at radius 1 is 1.12 bits per heavy atom. The molecule has 1 saturated heterocycles. The molecule has 174 valence electrons. The fourth-order valence-corrected chi connectivity index (χ4v) is 3.97. The number of ether oxygens (including phenoxy) is 5. The van der Waals surface area contributed by atoms with Crippen LogP contribution in [-0.2, 0) is 33.3 Å². The zero-order valence-electron chi connectivity index (χ0n) is 17.4. The highest BCUT2D eigenvalue weighted by atomic mass is 79.9. The van der Waals surface area contributed by atoms with E-state index < -0.39 is 48.6 Å². The van der Waals surface area contributed by atoms with Crippen molar-refractivity contribution in [1.29, 1.82) is 0 Å². The maximum Gasteiger partial charge on any atom is 0.303 e. The first-order valence-corrected chi connectivity index (χ1v) is 10.8. The van der Waals surface area contributed by atoms with Crippen molar-refractivity contribution in [2.24, 2.45) is 5.73 Å². The molecule has 1 aromatic heterocycles. The highest BCUT2D eigenvalue weighted by Gasteiger charge is 2.50. The van der Waals surface area contributed by atoms with Crippen LogP contribution in [0.2, 0.25) is 5.02 Å². The first-order chi connectivity index (χ1) is 15.1. The van der Waals surface area contributed by atoms with Crippen molar-refractivity contribution in [3.05, 3.63) is 27.8 Å². The number of H-pyrrole nitrogens is 1. The van der Waals surface area contributed by atoms with Gasteiger partial charge in [-0.05, 0) is 28.1 Å². The second-order valence-electron chi connectivity index (χ2n) is 7.13. The van der Waals surface area contributed by atoms with Crippen LogP contribution in [0.5, 0.6) is 5.75 Å². The van der Waals surface area contributed by atoms with Crippen LogP contribution < -0.4 is 10.5 Å². The zero-order chi connectivity index (χ0) is 23.6. The van der Waals surface area contributed by atoms with Crippen LogP contribution in [0.25, 0.3) is 10.9 Å². The van der Waals surface area contributed by atoms with E-state index in [2.05, 4.69) is 20.9 Å². The van der Waals surface area contributed by atoms with Gasteiger partial charge in [0.1, 0.15) is 24.5 Å². The van der Waals surface area contributed by atoms with Gasteiger partial charge < -0.3 is 34.4 Å². The van der Waals surface area contributed by atoms with Crippen LogP contribution in [0.3, 0.4) is 0 Å². The van der Waals surface area contributed by atoms with E-state index in [1.165, 1.54) is 20.8 Å². The first kappa shape index (κ1) is 24.3. The molecule has 32 heavy (non-hydrogen) atoms. The monoisotopic (exact) mass is 532 g/mol. The number of esters is 3. The Balaban J connectivity index is 1.95. The number of carbonyl (C=O) groups excluding carboxylic acids is 3. The molecule has 0 spiro atoms. The third-order valence-electron chi connectivity index (χ3n) is 4.69. The van der Waals surface area contributed by atoms with E-state index in [0.29, 0.717) is 26.1 Å². The summed E-state index contributed by atoms with van der Waals surface area (Å²) < 4.78 is 28.3. The summed E-state index contributed by atoms with van der Waals surface area (Å²) in [4.78, 5) is 37.8. The van der Waals surface area contributed by atoms with Gasteiger partial charge in [0.25, 0.3) is 0 Å². The Hall–Kier alpha value is -2.34. The van der Waals surface area contributed by atoms with E-state index >= 15 is 0 Å². The Morgan fingerprint density at radius 2 is 1.78 bits per heavy atom. The fraction of sp³-hybridized carbons (Fsp3) is 0.450. The molecule has 12 heteroatoms. The summed E-state index contributed by atoms with van der Waals surface area (Å²) >= 11 is 9.79. The SMILES string of the molecule is CC(=O)OC[C@H]1OC(Oc2c[nH]c3ccc(Br)c(Cl)c23)[C@H](N)[C@@H](OC(C)=O)[C@H]1OC(C)=O. The number of fused-ring (bicyclic) bond motifs is 1. The summed E-state index contributed by atoms with van der Waals surface area (Å²) in [6.45, 7) is 3.32. The summed E-state index contributed by atoms with van der Waals surface area (Å²) in [5.74, 6) is -1.53. The summed E-state index contributed by atoms with van der Waals surface area (Å²) in [5.41, 5.74) is 7.02. The van der Waals surface area contributed by atoms with E-state index in [9.17, 15) is 14.4 Å². The lowest BCUT2D eigenvalue weighted by atomic mass is 9.97. The Morgan fingerprint density at radius 3 is 2.41 bits per heavy atom. The molecule has 0 amide bonds. The molecule has 1 aromatic carbocycles. The maximum absolute atomic E-state index is 11.7.